The number of piperidine rings is 1. The van der Waals surface area contributed by atoms with Crippen LogP contribution in [-0.4, -0.2) is 109 Å². The van der Waals surface area contributed by atoms with Crippen molar-refractivity contribution >= 4 is 34.1 Å². The third-order valence-electron chi connectivity index (χ3n) is 7.73. The van der Waals surface area contributed by atoms with E-state index < -0.39 is 0 Å². The highest BCUT2D eigenvalue weighted by molar-refractivity contribution is 7.13. The van der Waals surface area contributed by atoms with Gasteiger partial charge in [-0.2, -0.15) is 0 Å². The first-order valence-corrected chi connectivity index (χ1v) is 16.0. The van der Waals surface area contributed by atoms with Crippen molar-refractivity contribution in [1.82, 2.24) is 30.1 Å². The largest absolute Gasteiger partial charge is 0.385 e. The Bertz CT molecular complexity index is 1160. The zero-order chi connectivity index (χ0) is 30.3. The van der Waals surface area contributed by atoms with E-state index in [2.05, 4.69) is 60.1 Å². The van der Waals surface area contributed by atoms with E-state index in [0.29, 0.717) is 69.5 Å². The number of hydrogen-bond acceptors (Lipinski definition) is 10. The molecule has 2 fully saturated rings. The lowest BCUT2D eigenvalue weighted by molar-refractivity contribution is -0.137. The van der Waals surface area contributed by atoms with Gasteiger partial charge >= 0.3 is 0 Å². The molecule has 42 heavy (non-hydrogen) atoms. The number of carbonyl (C=O) groups excluding carboxylic acids is 2. The van der Waals surface area contributed by atoms with Gasteiger partial charge in [-0.3, -0.25) is 9.59 Å². The maximum Gasteiger partial charge on any atom is 0.259 e. The van der Waals surface area contributed by atoms with Crippen molar-refractivity contribution in [2.24, 2.45) is 11.8 Å². The van der Waals surface area contributed by atoms with E-state index >= 15 is 0 Å². The normalized spacial score (nSPS) is 19.7. The van der Waals surface area contributed by atoms with E-state index in [1.807, 2.05) is 21.4 Å². The summed E-state index contributed by atoms with van der Waals surface area (Å²) < 4.78 is 5.20. The summed E-state index contributed by atoms with van der Waals surface area (Å²) in [5.41, 5.74) is 0.210. The minimum atomic E-state index is -0.255. The summed E-state index contributed by atoms with van der Waals surface area (Å²) in [7, 11) is 1.68. The lowest BCUT2D eigenvalue weighted by atomic mass is 9.92. The fraction of sp³-hybridized carbons (Fsp3) is 0.700. The molecule has 2 saturated heterocycles. The number of ether oxygens (including phenoxy) is 1. The summed E-state index contributed by atoms with van der Waals surface area (Å²) in [5, 5.41) is 9.83. The topological polar surface area (TPSA) is 116 Å². The fourth-order valence-corrected chi connectivity index (χ4v) is 6.19. The minimum absolute atomic E-state index is 0.102. The molecule has 0 aromatic carbocycles. The summed E-state index contributed by atoms with van der Waals surface area (Å²) in [6.45, 7) is 16.5. The summed E-state index contributed by atoms with van der Waals surface area (Å²) in [6.07, 6.45) is 4.92. The number of piperazine rings is 1. The Morgan fingerprint density at radius 3 is 2.60 bits per heavy atom. The highest BCUT2D eigenvalue weighted by atomic mass is 32.1. The van der Waals surface area contributed by atoms with Gasteiger partial charge in [0, 0.05) is 95.3 Å². The van der Waals surface area contributed by atoms with Crippen LogP contribution in [0.4, 0.5) is 10.9 Å². The third kappa shape index (κ3) is 8.17. The predicted molar refractivity (Wildman–Crippen MR) is 167 cm³/mol. The number of amides is 2. The molecule has 0 spiro atoms. The molecule has 0 aliphatic carbocycles. The molecular formula is C30H48N8O3S. The minimum Gasteiger partial charge on any atom is -0.385 e. The van der Waals surface area contributed by atoms with Gasteiger partial charge in [0.05, 0.1) is 5.92 Å². The van der Waals surface area contributed by atoms with E-state index in [1.165, 1.54) is 0 Å². The Morgan fingerprint density at radius 2 is 1.95 bits per heavy atom. The van der Waals surface area contributed by atoms with E-state index in [4.69, 9.17) is 9.72 Å². The average molecular weight is 601 g/mol. The van der Waals surface area contributed by atoms with Gasteiger partial charge in [-0.1, -0.05) is 34.6 Å². The van der Waals surface area contributed by atoms with Crippen LogP contribution in [0.3, 0.4) is 0 Å². The first-order chi connectivity index (χ1) is 20.1. The van der Waals surface area contributed by atoms with Gasteiger partial charge in [0.1, 0.15) is 17.2 Å². The van der Waals surface area contributed by atoms with Crippen molar-refractivity contribution in [2.45, 2.75) is 58.9 Å². The van der Waals surface area contributed by atoms with Gasteiger partial charge in [-0.15, -0.1) is 11.3 Å². The van der Waals surface area contributed by atoms with Crippen molar-refractivity contribution in [3.05, 3.63) is 29.2 Å². The van der Waals surface area contributed by atoms with E-state index in [9.17, 15) is 9.59 Å². The van der Waals surface area contributed by atoms with Crippen molar-refractivity contribution in [3.8, 4) is 0 Å². The molecule has 11 nitrogen and oxygen atoms in total. The van der Waals surface area contributed by atoms with Crippen LogP contribution in [0.1, 0.15) is 63.6 Å². The van der Waals surface area contributed by atoms with Crippen LogP contribution in [0.5, 0.6) is 0 Å². The van der Waals surface area contributed by atoms with Gasteiger partial charge < -0.3 is 30.1 Å². The third-order valence-corrected chi connectivity index (χ3v) is 8.56. The molecule has 2 amide bonds. The number of aromatic nitrogens is 3. The van der Waals surface area contributed by atoms with Gasteiger partial charge in [-0.05, 0) is 18.8 Å². The number of nitrogens with one attached hydrogen (secondary N) is 2. The zero-order valence-corrected chi connectivity index (χ0v) is 26.9. The quantitative estimate of drug-likeness (QED) is 0.376. The number of methoxy groups -OCH3 is 1. The molecule has 2 atom stereocenters. The van der Waals surface area contributed by atoms with Crippen LogP contribution in [-0.2, 0) is 14.9 Å². The molecular weight excluding hydrogens is 552 g/mol. The van der Waals surface area contributed by atoms with E-state index in [-0.39, 0.29) is 35.1 Å². The van der Waals surface area contributed by atoms with Crippen molar-refractivity contribution in [2.75, 3.05) is 76.3 Å². The molecule has 0 saturated carbocycles. The van der Waals surface area contributed by atoms with Crippen LogP contribution in [0.15, 0.2) is 17.8 Å². The monoisotopic (exact) mass is 600 g/mol. The molecule has 0 radical (unpaired) electrons. The molecule has 12 heteroatoms. The average Bonchev–Trinajstić information content (AvgIpc) is 3.52. The molecule has 2 aliphatic rings. The second kappa shape index (κ2) is 14.6. The molecule has 2 aromatic heterocycles. The number of rotatable bonds is 11. The van der Waals surface area contributed by atoms with E-state index in [1.54, 1.807) is 24.6 Å². The Labute approximate surface area is 254 Å². The zero-order valence-electron chi connectivity index (χ0n) is 26.1. The van der Waals surface area contributed by atoms with Crippen molar-refractivity contribution < 1.29 is 14.3 Å². The number of thiazole rings is 1. The highest BCUT2D eigenvalue weighted by Crippen LogP contribution is 2.27. The SMILES string of the molecule is COCCCNc1nc(C(C)(C)C)ncc1C(=O)N(CC(C)C)[C@@H]1CNC[C@H](C(=O)N2CCN(c3nccs3)CC2)C1. The molecule has 2 aliphatic heterocycles. The number of hydrogen-bond donors (Lipinski definition) is 2. The van der Waals surface area contributed by atoms with Crippen LogP contribution in [0.25, 0.3) is 0 Å². The van der Waals surface area contributed by atoms with Crippen LogP contribution >= 0.6 is 11.3 Å². The molecule has 232 valence electrons. The van der Waals surface area contributed by atoms with Crippen molar-refractivity contribution in [1.29, 1.82) is 0 Å². The Balaban J connectivity index is 1.49. The summed E-state index contributed by atoms with van der Waals surface area (Å²) in [5.74, 6) is 1.39. The molecule has 0 bridgehead atoms. The van der Waals surface area contributed by atoms with E-state index in [0.717, 1.165) is 24.6 Å². The number of carbonyl (C=O) groups is 2. The molecule has 2 N–H and O–H groups in total. The first kappa shape index (κ1) is 32.1. The summed E-state index contributed by atoms with van der Waals surface area (Å²) >= 11 is 1.63. The number of nitrogens with zero attached hydrogens (tertiary/aromatic N) is 6. The number of anilines is 2. The Morgan fingerprint density at radius 1 is 1.19 bits per heavy atom. The maximum atomic E-state index is 14.2. The van der Waals surface area contributed by atoms with Crippen LogP contribution < -0.4 is 15.5 Å². The molecule has 2 aromatic rings. The maximum absolute atomic E-state index is 14.2. The molecule has 0 unspecified atom stereocenters. The Hall–Kier alpha value is -2.83. The van der Waals surface area contributed by atoms with Gasteiger partial charge in [0.2, 0.25) is 5.91 Å². The molecule has 4 rings (SSSR count). The molecule has 4 heterocycles. The van der Waals surface area contributed by atoms with Gasteiger partial charge in [0.15, 0.2) is 5.13 Å². The smallest absolute Gasteiger partial charge is 0.259 e. The van der Waals surface area contributed by atoms with Crippen molar-refractivity contribution in [3.63, 3.8) is 0 Å². The second-order valence-corrected chi connectivity index (χ2v) is 13.6. The van der Waals surface area contributed by atoms with Crippen LogP contribution in [0.2, 0.25) is 0 Å². The predicted octanol–water partition coefficient (Wildman–Crippen LogP) is 3.10. The summed E-state index contributed by atoms with van der Waals surface area (Å²) in [6, 6.07) is -0.108. The summed E-state index contributed by atoms with van der Waals surface area (Å²) in [4.78, 5) is 47.9. The second-order valence-electron chi connectivity index (χ2n) is 12.7. The van der Waals surface area contributed by atoms with Crippen LogP contribution in [0, 0.1) is 11.8 Å². The lowest BCUT2D eigenvalue weighted by Crippen LogP contribution is -2.57. The lowest BCUT2D eigenvalue weighted by Gasteiger charge is -2.41. The first-order valence-electron chi connectivity index (χ1n) is 15.1. The highest BCUT2D eigenvalue weighted by Gasteiger charge is 2.37. The fourth-order valence-electron chi connectivity index (χ4n) is 5.50. The van der Waals surface area contributed by atoms with Gasteiger partial charge in [-0.25, -0.2) is 15.0 Å². The standard InChI is InChI=1S/C30H48N8O3S/c1-21(2)20-38(27(40)24-19-34-28(30(3,4)5)35-25(24)32-8-7-14-41-6)23-16-22(17-31-18-23)26(39)36-10-12-37(13-11-36)29-33-9-15-42-29/h9,15,19,21-23,31H,7-8,10-14,16-18,20H2,1-6H3,(H,32,34,35)/t22-,23+/m1/s1. The van der Waals surface area contributed by atoms with Gasteiger partial charge in [0.25, 0.3) is 5.91 Å². The Kier molecular flexibility index (Phi) is 11.1.